The topological polar surface area (TPSA) is 87.3 Å². The third-order valence-electron chi connectivity index (χ3n) is 2.63. The first-order valence-electron chi connectivity index (χ1n) is 6.98. The molecule has 0 heterocycles. The Labute approximate surface area is 126 Å². The van der Waals surface area contributed by atoms with Crippen LogP contribution in [0.25, 0.3) is 0 Å². The Balaban J connectivity index is 2.70. The predicted octanol–water partition coefficient (Wildman–Crippen LogP) is 1.31. The van der Waals surface area contributed by atoms with E-state index in [0.717, 1.165) is 0 Å². The third kappa shape index (κ3) is 5.73. The van der Waals surface area contributed by atoms with Crippen molar-refractivity contribution in [2.24, 2.45) is 0 Å². The molecule has 1 aromatic rings. The fourth-order valence-corrected chi connectivity index (χ4v) is 3.04. The molecule has 0 saturated heterocycles. The average molecular weight is 313 g/mol. The van der Waals surface area contributed by atoms with E-state index < -0.39 is 10.0 Å². The maximum atomic E-state index is 12.1. The molecular weight excluding hydrogens is 290 g/mol. The number of carbonyl (C=O) groups is 1. The molecule has 0 atom stereocenters. The van der Waals surface area contributed by atoms with Crippen LogP contribution in [0, 0.1) is 0 Å². The summed E-state index contributed by atoms with van der Waals surface area (Å²) in [6.45, 7) is 6.21. The van der Waals surface area contributed by atoms with Gasteiger partial charge in [-0.25, -0.2) is 13.1 Å². The van der Waals surface area contributed by atoms with Gasteiger partial charge in [-0.1, -0.05) is 19.1 Å². The van der Waals surface area contributed by atoms with Crippen molar-refractivity contribution in [2.45, 2.75) is 38.1 Å². The third-order valence-corrected chi connectivity index (χ3v) is 4.23. The molecule has 1 rings (SSSR count). The van der Waals surface area contributed by atoms with Crippen LogP contribution in [0.3, 0.4) is 0 Å². The first-order valence-corrected chi connectivity index (χ1v) is 8.47. The highest BCUT2D eigenvalue weighted by Gasteiger charge is 2.16. The van der Waals surface area contributed by atoms with Crippen molar-refractivity contribution < 1.29 is 13.2 Å². The summed E-state index contributed by atoms with van der Waals surface area (Å²) in [7, 11) is -3.52. The number of benzene rings is 1. The second-order valence-electron chi connectivity index (χ2n) is 4.90. The van der Waals surface area contributed by atoms with E-state index in [4.69, 9.17) is 0 Å². The van der Waals surface area contributed by atoms with E-state index in [2.05, 4.69) is 15.4 Å². The van der Waals surface area contributed by atoms with Crippen molar-refractivity contribution >= 4 is 21.6 Å². The van der Waals surface area contributed by atoms with Crippen molar-refractivity contribution in [1.29, 1.82) is 0 Å². The van der Waals surface area contributed by atoms with Gasteiger partial charge in [0, 0.05) is 25.6 Å². The molecule has 0 aliphatic carbocycles. The number of hydrogen-bond donors (Lipinski definition) is 3. The molecule has 1 aromatic carbocycles. The van der Waals surface area contributed by atoms with Gasteiger partial charge in [-0.3, -0.25) is 4.79 Å². The minimum atomic E-state index is -3.52. The Morgan fingerprint density at radius 1 is 1.24 bits per heavy atom. The molecule has 0 unspecified atom stereocenters. The van der Waals surface area contributed by atoms with Gasteiger partial charge in [0.1, 0.15) is 4.90 Å². The number of carbonyl (C=O) groups excluding carboxylic acids is 1. The zero-order valence-electron chi connectivity index (χ0n) is 12.6. The van der Waals surface area contributed by atoms with Gasteiger partial charge >= 0.3 is 0 Å². The molecular formula is C14H23N3O3S. The van der Waals surface area contributed by atoms with E-state index in [1.54, 1.807) is 25.1 Å². The molecule has 1 amide bonds. The zero-order valence-corrected chi connectivity index (χ0v) is 13.5. The molecule has 0 aliphatic rings. The van der Waals surface area contributed by atoms with Crippen molar-refractivity contribution in [3.8, 4) is 0 Å². The van der Waals surface area contributed by atoms with Crippen LogP contribution in [0.15, 0.2) is 29.2 Å². The van der Waals surface area contributed by atoms with E-state index >= 15 is 0 Å². The summed E-state index contributed by atoms with van der Waals surface area (Å²) < 4.78 is 26.6. The lowest BCUT2D eigenvalue weighted by atomic mass is 10.3. The number of para-hydroxylation sites is 1. The first-order chi connectivity index (χ1) is 9.86. The highest BCUT2D eigenvalue weighted by molar-refractivity contribution is 7.89. The van der Waals surface area contributed by atoms with Gasteiger partial charge in [0.15, 0.2) is 0 Å². The smallest absolute Gasteiger partial charge is 0.242 e. The van der Waals surface area contributed by atoms with Gasteiger partial charge in [0.2, 0.25) is 15.9 Å². The number of nitrogens with one attached hydrogen (secondary N) is 3. The maximum Gasteiger partial charge on any atom is 0.242 e. The molecule has 6 nitrogen and oxygen atoms in total. The SMILES string of the molecule is CCNS(=O)(=O)c1ccccc1NCCC(=O)NC(C)C. The van der Waals surface area contributed by atoms with E-state index in [-0.39, 0.29) is 23.3 Å². The Morgan fingerprint density at radius 3 is 2.52 bits per heavy atom. The Hall–Kier alpha value is -1.60. The van der Waals surface area contributed by atoms with Crippen LogP contribution in [-0.2, 0) is 14.8 Å². The largest absolute Gasteiger partial charge is 0.383 e. The Kier molecular flexibility index (Phi) is 6.64. The van der Waals surface area contributed by atoms with Crippen LogP contribution in [-0.4, -0.2) is 33.5 Å². The molecule has 0 radical (unpaired) electrons. The van der Waals surface area contributed by atoms with Crippen LogP contribution in [0.4, 0.5) is 5.69 Å². The van der Waals surface area contributed by atoms with Gasteiger partial charge < -0.3 is 10.6 Å². The lowest BCUT2D eigenvalue weighted by Crippen LogP contribution is -2.31. The first kappa shape index (κ1) is 17.5. The van der Waals surface area contributed by atoms with Crippen LogP contribution < -0.4 is 15.4 Å². The summed E-state index contributed by atoms with van der Waals surface area (Å²) in [5.74, 6) is -0.0653. The van der Waals surface area contributed by atoms with Crippen LogP contribution >= 0.6 is 0 Å². The molecule has 0 fully saturated rings. The van der Waals surface area contributed by atoms with Crippen molar-refractivity contribution in [3.63, 3.8) is 0 Å². The van der Waals surface area contributed by atoms with Gasteiger partial charge in [-0.15, -0.1) is 0 Å². The van der Waals surface area contributed by atoms with E-state index in [1.165, 1.54) is 6.07 Å². The molecule has 21 heavy (non-hydrogen) atoms. The van der Waals surface area contributed by atoms with Crippen LogP contribution in [0.5, 0.6) is 0 Å². The average Bonchev–Trinajstić information content (AvgIpc) is 2.38. The molecule has 0 aliphatic heterocycles. The van der Waals surface area contributed by atoms with Gasteiger partial charge in [-0.2, -0.15) is 0 Å². The Morgan fingerprint density at radius 2 is 1.90 bits per heavy atom. The van der Waals surface area contributed by atoms with Crippen LogP contribution in [0.1, 0.15) is 27.2 Å². The quantitative estimate of drug-likeness (QED) is 0.675. The van der Waals surface area contributed by atoms with Crippen LogP contribution in [0.2, 0.25) is 0 Å². The van der Waals surface area contributed by atoms with E-state index in [1.807, 2.05) is 13.8 Å². The zero-order chi connectivity index (χ0) is 15.9. The van der Waals surface area contributed by atoms with Gasteiger partial charge in [0.25, 0.3) is 0 Å². The summed E-state index contributed by atoms with van der Waals surface area (Å²) in [6, 6.07) is 6.74. The fraction of sp³-hybridized carbons (Fsp3) is 0.500. The number of hydrogen-bond acceptors (Lipinski definition) is 4. The second-order valence-corrected chi connectivity index (χ2v) is 6.63. The van der Waals surface area contributed by atoms with Gasteiger partial charge in [-0.05, 0) is 26.0 Å². The summed E-state index contributed by atoms with van der Waals surface area (Å²) in [4.78, 5) is 11.7. The Bertz CT molecular complexity index is 571. The van der Waals surface area contributed by atoms with E-state index in [9.17, 15) is 13.2 Å². The van der Waals surface area contributed by atoms with Gasteiger partial charge in [0.05, 0.1) is 5.69 Å². The maximum absolute atomic E-state index is 12.1. The van der Waals surface area contributed by atoms with Crippen molar-refractivity contribution in [3.05, 3.63) is 24.3 Å². The number of amides is 1. The summed E-state index contributed by atoms with van der Waals surface area (Å²) >= 11 is 0. The second kappa shape index (κ2) is 7.99. The fourth-order valence-electron chi connectivity index (χ4n) is 1.82. The summed E-state index contributed by atoms with van der Waals surface area (Å²) in [6.07, 6.45) is 0.285. The highest BCUT2D eigenvalue weighted by Crippen LogP contribution is 2.20. The normalized spacial score (nSPS) is 11.4. The molecule has 3 N–H and O–H groups in total. The van der Waals surface area contributed by atoms with Crippen molar-refractivity contribution in [2.75, 3.05) is 18.4 Å². The number of rotatable bonds is 8. The molecule has 7 heteroatoms. The standard InChI is InChI=1S/C14H23N3O3S/c1-4-16-21(19,20)13-8-6-5-7-12(13)15-10-9-14(18)17-11(2)3/h5-8,11,15-16H,4,9-10H2,1-3H3,(H,17,18). The molecule has 0 bridgehead atoms. The lowest BCUT2D eigenvalue weighted by Gasteiger charge is -2.13. The molecule has 0 spiro atoms. The number of anilines is 1. The lowest BCUT2D eigenvalue weighted by molar-refractivity contribution is -0.121. The van der Waals surface area contributed by atoms with Crippen molar-refractivity contribution in [1.82, 2.24) is 10.0 Å². The molecule has 0 aromatic heterocycles. The summed E-state index contributed by atoms with van der Waals surface area (Å²) in [5.41, 5.74) is 0.496. The highest BCUT2D eigenvalue weighted by atomic mass is 32.2. The number of sulfonamides is 1. The molecule has 0 saturated carbocycles. The minimum Gasteiger partial charge on any atom is -0.383 e. The summed E-state index contributed by atoms with van der Waals surface area (Å²) in [5, 5.41) is 5.79. The monoisotopic (exact) mass is 313 g/mol. The molecule has 118 valence electrons. The minimum absolute atomic E-state index is 0.0653. The predicted molar refractivity (Wildman–Crippen MR) is 83.7 cm³/mol. The van der Waals surface area contributed by atoms with E-state index in [0.29, 0.717) is 18.8 Å².